The number of rotatable bonds is 3. The fraction of sp³-hybridized carbons (Fsp3) is 0.500. The predicted octanol–water partition coefficient (Wildman–Crippen LogP) is 2.07. The van der Waals surface area contributed by atoms with Crippen LogP contribution in [0.15, 0.2) is 27.8 Å². The van der Waals surface area contributed by atoms with Crippen LogP contribution in [0.5, 0.6) is 0 Å². The van der Waals surface area contributed by atoms with Gasteiger partial charge in [0.1, 0.15) is 0 Å². The highest BCUT2D eigenvalue weighted by Crippen LogP contribution is 2.28. The van der Waals surface area contributed by atoms with Gasteiger partial charge in [-0.05, 0) is 45.1 Å². The van der Waals surface area contributed by atoms with Crippen LogP contribution in [0.25, 0.3) is 0 Å². The third-order valence-electron chi connectivity index (χ3n) is 3.81. The lowest BCUT2D eigenvalue weighted by atomic mass is 10.0. The van der Waals surface area contributed by atoms with Gasteiger partial charge in [0.15, 0.2) is 5.84 Å². The number of anilines is 1. The minimum atomic E-state index is 0.152. The molecule has 0 aliphatic carbocycles. The molecule has 0 bridgehead atoms. The SMILES string of the molecule is CN(C)C1CCCN(c2cc(Br)ccc2/C(N)=N/O)C1. The number of piperidine rings is 1. The maximum Gasteiger partial charge on any atom is 0.172 e. The van der Waals surface area contributed by atoms with Gasteiger partial charge in [0.2, 0.25) is 0 Å². The molecule has 0 saturated carbocycles. The standard InChI is InChI=1S/C14H21BrN4O/c1-18(2)11-4-3-7-19(9-11)13-8-10(15)5-6-12(13)14(16)17-20/h5-6,8,11,20H,3-4,7,9H2,1-2H3,(H2,16,17). The fourth-order valence-corrected chi connectivity index (χ4v) is 2.98. The Hall–Kier alpha value is -1.27. The summed E-state index contributed by atoms with van der Waals surface area (Å²) in [5.41, 5.74) is 7.58. The number of likely N-dealkylation sites (N-methyl/N-ethyl adjacent to an activating group) is 1. The maximum absolute atomic E-state index is 8.95. The zero-order valence-electron chi connectivity index (χ0n) is 11.9. The number of nitrogens with zero attached hydrogens (tertiary/aromatic N) is 3. The van der Waals surface area contributed by atoms with E-state index in [4.69, 9.17) is 10.9 Å². The second kappa shape index (κ2) is 6.45. The van der Waals surface area contributed by atoms with E-state index in [1.807, 2.05) is 18.2 Å². The van der Waals surface area contributed by atoms with E-state index >= 15 is 0 Å². The zero-order valence-corrected chi connectivity index (χ0v) is 13.5. The first-order valence-corrected chi connectivity index (χ1v) is 7.51. The molecule has 1 saturated heterocycles. The van der Waals surface area contributed by atoms with Crippen molar-refractivity contribution < 1.29 is 5.21 Å². The van der Waals surface area contributed by atoms with Crippen LogP contribution in [0.2, 0.25) is 0 Å². The molecule has 1 aliphatic heterocycles. The molecule has 2 rings (SSSR count). The Morgan fingerprint density at radius 2 is 2.25 bits per heavy atom. The minimum absolute atomic E-state index is 0.152. The van der Waals surface area contributed by atoms with Crippen LogP contribution in [-0.2, 0) is 0 Å². The highest BCUT2D eigenvalue weighted by atomic mass is 79.9. The molecule has 20 heavy (non-hydrogen) atoms. The monoisotopic (exact) mass is 340 g/mol. The van der Waals surface area contributed by atoms with E-state index in [1.54, 1.807) is 0 Å². The highest BCUT2D eigenvalue weighted by Gasteiger charge is 2.24. The lowest BCUT2D eigenvalue weighted by Gasteiger charge is -2.38. The largest absolute Gasteiger partial charge is 0.409 e. The van der Waals surface area contributed by atoms with E-state index < -0.39 is 0 Å². The van der Waals surface area contributed by atoms with Crippen LogP contribution in [0, 0.1) is 0 Å². The summed E-state index contributed by atoms with van der Waals surface area (Å²) in [7, 11) is 4.22. The molecule has 1 fully saturated rings. The normalized spacial score (nSPS) is 20.5. The van der Waals surface area contributed by atoms with Crippen molar-refractivity contribution in [3.05, 3.63) is 28.2 Å². The molecule has 3 N–H and O–H groups in total. The Labute approximate surface area is 128 Å². The van der Waals surface area contributed by atoms with E-state index in [1.165, 1.54) is 6.42 Å². The van der Waals surface area contributed by atoms with Gasteiger partial charge in [-0.3, -0.25) is 0 Å². The van der Waals surface area contributed by atoms with Gasteiger partial charge in [-0.25, -0.2) is 0 Å². The summed E-state index contributed by atoms with van der Waals surface area (Å²) in [4.78, 5) is 4.57. The van der Waals surface area contributed by atoms with Crippen molar-refractivity contribution in [2.75, 3.05) is 32.1 Å². The van der Waals surface area contributed by atoms with Gasteiger partial charge in [0, 0.05) is 34.9 Å². The summed E-state index contributed by atoms with van der Waals surface area (Å²) in [6.45, 7) is 1.95. The van der Waals surface area contributed by atoms with Crippen molar-refractivity contribution in [1.82, 2.24) is 4.90 Å². The average molecular weight is 341 g/mol. The second-order valence-corrected chi connectivity index (χ2v) is 6.27. The molecular formula is C14H21BrN4O. The third kappa shape index (κ3) is 3.24. The van der Waals surface area contributed by atoms with Crippen LogP contribution in [0.1, 0.15) is 18.4 Å². The topological polar surface area (TPSA) is 65.1 Å². The van der Waals surface area contributed by atoms with E-state index in [2.05, 4.69) is 45.0 Å². The van der Waals surface area contributed by atoms with Gasteiger partial charge in [0.05, 0.1) is 0 Å². The third-order valence-corrected chi connectivity index (χ3v) is 4.30. The molecule has 6 heteroatoms. The summed E-state index contributed by atoms with van der Waals surface area (Å²) < 4.78 is 0.994. The van der Waals surface area contributed by atoms with Crippen molar-refractivity contribution in [1.29, 1.82) is 0 Å². The van der Waals surface area contributed by atoms with Crippen molar-refractivity contribution in [2.24, 2.45) is 10.9 Å². The van der Waals surface area contributed by atoms with E-state index in [0.717, 1.165) is 35.2 Å². The molecule has 1 atom stereocenters. The first kappa shape index (κ1) is 15.1. The number of hydrogen-bond donors (Lipinski definition) is 2. The van der Waals surface area contributed by atoms with Gasteiger partial charge < -0.3 is 20.7 Å². The molecular weight excluding hydrogens is 320 g/mol. The highest BCUT2D eigenvalue weighted by molar-refractivity contribution is 9.10. The summed E-state index contributed by atoms with van der Waals surface area (Å²) in [5.74, 6) is 0.152. The van der Waals surface area contributed by atoms with Crippen LogP contribution in [0.3, 0.4) is 0 Å². The predicted molar refractivity (Wildman–Crippen MR) is 85.6 cm³/mol. The molecule has 1 aliphatic rings. The summed E-state index contributed by atoms with van der Waals surface area (Å²) in [5, 5.41) is 12.1. The molecule has 0 aromatic heterocycles. The molecule has 0 spiro atoms. The number of nitrogens with two attached hydrogens (primary N) is 1. The minimum Gasteiger partial charge on any atom is -0.409 e. The number of amidine groups is 1. The van der Waals surface area contributed by atoms with E-state index in [9.17, 15) is 0 Å². The van der Waals surface area contributed by atoms with Crippen LogP contribution < -0.4 is 10.6 Å². The van der Waals surface area contributed by atoms with Gasteiger partial charge in [-0.1, -0.05) is 21.1 Å². The number of benzene rings is 1. The first-order valence-electron chi connectivity index (χ1n) is 6.71. The molecule has 1 heterocycles. The summed E-state index contributed by atoms with van der Waals surface area (Å²) in [6, 6.07) is 6.35. The zero-order chi connectivity index (χ0) is 14.7. The molecule has 0 amide bonds. The molecule has 1 aromatic carbocycles. The number of halogens is 1. The van der Waals surface area contributed by atoms with Crippen LogP contribution >= 0.6 is 15.9 Å². The van der Waals surface area contributed by atoms with Crippen LogP contribution in [0.4, 0.5) is 5.69 Å². The maximum atomic E-state index is 8.95. The van der Waals surface area contributed by atoms with Crippen molar-refractivity contribution >= 4 is 27.5 Å². The van der Waals surface area contributed by atoms with Gasteiger partial charge in [-0.2, -0.15) is 0 Å². The Balaban J connectivity index is 2.33. The van der Waals surface area contributed by atoms with Gasteiger partial charge in [-0.15, -0.1) is 0 Å². The summed E-state index contributed by atoms with van der Waals surface area (Å²) in [6.07, 6.45) is 2.35. The van der Waals surface area contributed by atoms with E-state index in [0.29, 0.717) is 6.04 Å². The summed E-state index contributed by atoms with van der Waals surface area (Å²) >= 11 is 3.50. The number of oxime groups is 1. The molecule has 5 nitrogen and oxygen atoms in total. The molecule has 110 valence electrons. The lowest BCUT2D eigenvalue weighted by Crippen LogP contribution is -2.45. The van der Waals surface area contributed by atoms with Crippen molar-refractivity contribution in [3.63, 3.8) is 0 Å². The quantitative estimate of drug-likeness (QED) is 0.382. The van der Waals surface area contributed by atoms with E-state index in [-0.39, 0.29) is 5.84 Å². The Bertz CT molecular complexity index is 504. The lowest BCUT2D eigenvalue weighted by molar-refractivity contribution is 0.258. The molecule has 1 aromatic rings. The molecule has 0 radical (unpaired) electrons. The number of hydrogen-bond acceptors (Lipinski definition) is 4. The average Bonchev–Trinajstić information content (AvgIpc) is 2.46. The van der Waals surface area contributed by atoms with Gasteiger partial charge in [0.25, 0.3) is 0 Å². The van der Waals surface area contributed by atoms with Crippen LogP contribution in [-0.4, -0.2) is 49.2 Å². The Morgan fingerprint density at radius 1 is 1.50 bits per heavy atom. The first-order chi connectivity index (χ1) is 9.52. The smallest absolute Gasteiger partial charge is 0.172 e. The van der Waals surface area contributed by atoms with Crippen molar-refractivity contribution in [3.8, 4) is 0 Å². The second-order valence-electron chi connectivity index (χ2n) is 5.35. The Kier molecular flexibility index (Phi) is 4.88. The van der Waals surface area contributed by atoms with Gasteiger partial charge >= 0.3 is 0 Å². The van der Waals surface area contributed by atoms with Crippen molar-refractivity contribution in [2.45, 2.75) is 18.9 Å². The fourth-order valence-electron chi connectivity index (χ4n) is 2.63. The Morgan fingerprint density at radius 3 is 2.90 bits per heavy atom. The molecule has 1 unspecified atom stereocenters.